The molecule has 0 bridgehead atoms. The molecule has 0 aromatic heterocycles. The zero-order chi connectivity index (χ0) is 18.8. The van der Waals surface area contributed by atoms with E-state index in [-0.39, 0.29) is 11.7 Å². The van der Waals surface area contributed by atoms with Crippen molar-refractivity contribution < 1.29 is 34.9 Å². The van der Waals surface area contributed by atoms with E-state index in [1.165, 1.54) is 19.9 Å². The lowest BCUT2D eigenvalue weighted by molar-refractivity contribution is -0.140. The number of hydrogen-bond donors (Lipinski definition) is 0. The van der Waals surface area contributed by atoms with Crippen molar-refractivity contribution in [3.63, 3.8) is 0 Å². The molecule has 0 aliphatic rings. The van der Waals surface area contributed by atoms with Crippen molar-refractivity contribution >= 4 is 17.5 Å². The van der Waals surface area contributed by atoms with E-state index in [1.807, 2.05) is 0 Å². The topological polar surface area (TPSA) is 69.7 Å². The Bertz CT molecular complexity index is 728. The first-order valence-corrected chi connectivity index (χ1v) is 10.6. The fourth-order valence-corrected chi connectivity index (χ4v) is 5.39. The number of rotatable bonds is 7. The van der Waals surface area contributed by atoms with Gasteiger partial charge in [-0.3, -0.25) is 8.75 Å². The first-order chi connectivity index (χ1) is 10.8. The summed E-state index contributed by atoms with van der Waals surface area (Å²) in [5, 5.41) is 0. The highest BCUT2D eigenvalue weighted by Crippen LogP contribution is 2.48. The van der Waals surface area contributed by atoms with Gasteiger partial charge in [-0.15, -0.1) is 0 Å². The summed E-state index contributed by atoms with van der Waals surface area (Å²) >= 11 is 0. The zero-order valence-corrected chi connectivity index (χ0v) is 15.5. The van der Waals surface area contributed by atoms with Gasteiger partial charge in [0.15, 0.2) is 0 Å². The molecule has 0 aliphatic heterocycles. The zero-order valence-electron chi connectivity index (χ0n) is 13.8. The third kappa shape index (κ3) is 5.31. The van der Waals surface area contributed by atoms with Crippen molar-refractivity contribution in [2.24, 2.45) is 0 Å². The van der Waals surface area contributed by atoms with Crippen LogP contribution in [0.15, 0.2) is 23.1 Å². The van der Waals surface area contributed by atoms with Crippen molar-refractivity contribution in [3.05, 3.63) is 29.3 Å². The van der Waals surface area contributed by atoms with Gasteiger partial charge in [0.1, 0.15) is 11.2 Å². The van der Waals surface area contributed by atoms with Crippen molar-refractivity contribution in [3.8, 4) is 0 Å². The second-order valence-corrected chi connectivity index (χ2v) is 9.72. The van der Waals surface area contributed by atoms with Crippen LogP contribution >= 0.6 is 7.37 Å². The maximum Gasteiger partial charge on any atom is 0.417 e. The van der Waals surface area contributed by atoms with Crippen molar-refractivity contribution in [1.29, 1.82) is 0 Å². The third-order valence-corrected chi connectivity index (χ3v) is 6.99. The molecule has 1 aromatic rings. The van der Waals surface area contributed by atoms with Gasteiger partial charge in [-0.05, 0) is 32.4 Å². The van der Waals surface area contributed by atoms with Gasteiger partial charge in [0.25, 0.3) is 10.1 Å². The summed E-state index contributed by atoms with van der Waals surface area (Å²) in [4.78, 5) is -0.968. The molecule has 24 heavy (non-hydrogen) atoms. The van der Waals surface area contributed by atoms with Crippen LogP contribution in [0.3, 0.4) is 0 Å². The van der Waals surface area contributed by atoms with E-state index in [2.05, 4.69) is 4.18 Å². The molecule has 1 atom stereocenters. The highest BCUT2D eigenvalue weighted by atomic mass is 32.2. The van der Waals surface area contributed by atoms with E-state index >= 15 is 0 Å². The summed E-state index contributed by atoms with van der Waals surface area (Å²) in [5.74, 6) is 0. The van der Waals surface area contributed by atoms with Crippen molar-refractivity contribution in [1.82, 2.24) is 0 Å². The molecule has 0 spiro atoms. The van der Waals surface area contributed by atoms with Gasteiger partial charge in [-0.2, -0.15) is 21.6 Å². The standard InChI is InChI=1S/C14H20F3O5PS/c1-5-23(18,22-10(2)3)9-21-24(19,20)13-11(4)7-6-8-12(13)14(15,16)17/h6-8,10H,5,9H2,1-4H3. The molecule has 5 nitrogen and oxygen atoms in total. The van der Waals surface area contributed by atoms with E-state index in [0.717, 1.165) is 6.07 Å². The lowest BCUT2D eigenvalue weighted by Crippen LogP contribution is -2.18. The molecule has 1 unspecified atom stereocenters. The van der Waals surface area contributed by atoms with Crippen LogP contribution in [0.25, 0.3) is 0 Å². The molecule has 10 heteroatoms. The van der Waals surface area contributed by atoms with Gasteiger partial charge in [0.2, 0.25) is 7.37 Å². The predicted molar refractivity (Wildman–Crippen MR) is 83.7 cm³/mol. The number of hydrogen-bond acceptors (Lipinski definition) is 5. The highest BCUT2D eigenvalue weighted by molar-refractivity contribution is 7.87. The maximum absolute atomic E-state index is 13.1. The van der Waals surface area contributed by atoms with E-state index in [9.17, 15) is 26.2 Å². The number of alkyl halides is 3. The molecular formula is C14H20F3O5PS. The molecule has 0 N–H and O–H groups in total. The third-order valence-electron chi connectivity index (χ3n) is 3.06. The number of benzene rings is 1. The van der Waals surface area contributed by atoms with Crippen LogP contribution in [0.4, 0.5) is 13.2 Å². The quantitative estimate of drug-likeness (QED) is 0.512. The Morgan fingerprint density at radius 3 is 2.29 bits per heavy atom. The summed E-state index contributed by atoms with van der Waals surface area (Å²) in [6, 6.07) is 3.00. The summed E-state index contributed by atoms with van der Waals surface area (Å²) in [5.41, 5.74) is -1.43. The van der Waals surface area contributed by atoms with Gasteiger partial charge in [0, 0.05) is 6.16 Å². The van der Waals surface area contributed by atoms with Crippen LogP contribution in [0.1, 0.15) is 31.9 Å². The monoisotopic (exact) mass is 388 g/mol. The second-order valence-electron chi connectivity index (χ2n) is 5.44. The minimum Gasteiger partial charge on any atom is -0.324 e. The van der Waals surface area contributed by atoms with Gasteiger partial charge < -0.3 is 4.52 Å². The van der Waals surface area contributed by atoms with Gasteiger partial charge >= 0.3 is 6.18 Å². The van der Waals surface area contributed by atoms with E-state index in [4.69, 9.17) is 4.52 Å². The molecule has 1 aromatic carbocycles. The summed E-state index contributed by atoms with van der Waals surface area (Å²) < 4.78 is 86.0. The SMILES string of the molecule is CCP(=O)(COS(=O)(=O)c1c(C)cccc1C(F)(F)F)OC(C)C. The summed E-state index contributed by atoms with van der Waals surface area (Å²) in [6.45, 7) is 5.98. The molecule has 0 saturated carbocycles. The number of halogens is 3. The highest BCUT2D eigenvalue weighted by Gasteiger charge is 2.39. The maximum atomic E-state index is 13.1. The molecule has 0 radical (unpaired) electrons. The predicted octanol–water partition coefficient (Wildman–Crippen LogP) is 4.40. The van der Waals surface area contributed by atoms with Gasteiger partial charge in [-0.25, -0.2) is 0 Å². The minimum absolute atomic E-state index is 0.000595. The van der Waals surface area contributed by atoms with E-state index in [0.29, 0.717) is 6.07 Å². The van der Waals surface area contributed by atoms with Gasteiger partial charge in [-0.1, -0.05) is 19.1 Å². The molecule has 0 aliphatic carbocycles. The number of aryl methyl sites for hydroxylation is 1. The lowest BCUT2D eigenvalue weighted by atomic mass is 10.1. The first-order valence-electron chi connectivity index (χ1n) is 7.15. The molecule has 0 fully saturated rings. The Morgan fingerprint density at radius 2 is 1.83 bits per heavy atom. The molecular weight excluding hydrogens is 368 g/mol. The van der Waals surface area contributed by atoms with Crippen LogP contribution < -0.4 is 0 Å². The van der Waals surface area contributed by atoms with E-state index < -0.39 is 46.6 Å². The summed E-state index contributed by atoms with van der Waals surface area (Å²) in [7, 11) is -8.18. The van der Waals surface area contributed by atoms with E-state index in [1.54, 1.807) is 13.8 Å². The van der Waals surface area contributed by atoms with Crippen LogP contribution in [0.5, 0.6) is 0 Å². The molecule has 138 valence electrons. The normalized spacial score (nSPS) is 15.5. The van der Waals surface area contributed by atoms with Gasteiger partial charge in [0.05, 0.1) is 11.7 Å². The summed E-state index contributed by atoms with van der Waals surface area (Å²) in [6.07, 6.45) is -6.11. The Morgan fingerprint density at radius 1 is 1.25 bits per heavy atom. The van der Waals surface area contributed by atoms with Crippen molar-refractivity contribution in [2.75, 3.05) is 12.5 Å². The molecule has 1 rings (SSSR count). The van der Waals surface area contributed by atoms with Crippen LogP contribution in [-0.4, -0.2) is 27.0 Å². The van der Waals surface area contributed by atoms with Crippen LogP contribution in [0, 0.1) is 6.92 Å². The van der Waals surface area contributed by atoms with Crippen LogP contribution in [0.2, 0.25) is 0 Å². The minimum atomic E-state index is -4.86. The Hall–Kier alpha value is -0.890. The Labute approximate surface area is 139 Å². The average molecular weight is 388 g/mol. The molecule has 0 saturated heterocycles. The Balaban J connectivity index is 3.21. The first kappa shape index (κ1) is 21.2. The smallest absolute Gasteiger partial charge is 0.324 e. The van der Waals surface area contributed by atoms with Crippen molar-refractivity contribution in [2.45, 2.75) is 44.9 Å². The lowest BCUT2D eigenvalue weighted by Gasteiger charge is -2.20. The largest absolute Gasteiger partial charge is 0.417 e. The van der Waals surface area contributed by atoms with Crippen LogP contribution in [-0.2, 0) is 29.6 Å². The average Bonchev–Trinajstić information content (AvgIpc) is 2.43. The fraction of sp³-hybridized carbons (Fsp3) is 0.571. The molecule has 0 amide bonds. The fourth-order valence-electron chi connectivity index (χ4n) is 2.00. The Kier molecular flexibility index (Phi) is 6.66. The second kappa shape index (κ2) is 7.56. The molecule has 0 heterocycles.